The molecule has 3 unspecified atom stereocenters. The highest BCUT2D eigenvalue weighted by molar-refractivity contribution is 5.78. The molecule has 0 aromatic heterocycles. The van der Waals surface area contributed by atoms with Crippen molar-refractivity contribution in [2.24, 2.45) is 5.92 Å². The first kappa shape index (κ1) is 17.4. The summed E-state index contributed by atoms with van der Waals surface area (Å²) in [5.74, 6) is 0.00138. The fourth-order valence-corrected chi connectivity index (χ4v) is 2.88. The maximum Gasteiger partial charge on any atom is 0.323 e. The van der Waals surface area contributed by atoms with Crippen LogP contribution in [0, 0.1) is 5.92 Å². The van der Waals surface area contributed by atoms with Gasteiger partial charge >= 0.3 is 5.97 Å². The Hall–Kier alpha value is -0.610. The van der Waals surface area contributed by atoms with Crippen molar-refractivity contribution in [2.75, 3.05) is 13.2 Å². The maximum absolute atomic E-state index is 11.4. The number of carbonyl (C=O) groups is 1. The van der Waals surface area contributed by atoms with Crippen LogP contribution in [-0.4, -0.2) is 35.9 Å². The van der Waals surface area contributed by atoms with E-state index in [1.165, 1.54) is 12.8 Å². The number of carboxylic acids is 1. The Bertz CT molecular complexity index is 295. The molecule has 0 heterocycles. The zero-order valence-electron chi connectivity index (χ0n) is 13.3. The third-order valence-electron chi connectivity index (χ3n) is 4.30. The molecule has 4 nitrogen and oxygen atoms in total. The molecule has 1 aliphatic rings. The number of aliphatic carboxylic acids is 1. The lowest BCUT2D eigenvalue weighted by Crippen LogP contribution is -2.49. The van der Waals surface area contributed by atoms with E-state index in [9.17, 15) is 9.90 Å². The molecule has 1 rings (SSSR count). The predicted molar refractivity (Wildman–Crippen MR) is 80.9 cm³/mol. The second-order valence-electron chi connectivity index (χ2n) is 6.43. The number of nitrogens with one attached hydrogen (secondary N) is 1. The zero-order valence-corrected chi connectivity index (χ0v) is 13.3. The predicted octanol–water partition coefficient (Wildman–Crippen LogP) is 3.20. The van der Waals surface area contributed by atoms with Gasteiger partial charge in [0.1, 0.15) is 5.54 Å². The summed E-state index contributed by atoms with van der Waals surface area (Å²) < 4.78 is 5.91. The molecule has 1 saturated carbocycles. The molecule has 0 aromatic carbocycles. The van der Waals surface area contributed by atoms with Crippen LogP contribution in [0.1, 0.15) is 65.7 Å². The average Bonchev–Trinajstić information content (AvgIpc) is 2.41. The monoisotopic (exact) mass is 285 g/mol. The molecule has 0 radical (unpaired) electrons. The standard InChI is InChI=1S/C16H31NO3/c1-4-10-17-16(3,15(18)19)9-6-11-20-14-8-5-7-13(2)12-14/h13-14,17H,4-12H2,1-3H3,(H,18,19). The van der Waals surface area contributed by atoms with E-state index in [4.69, 9.17) is 4.74 Å². The van der Waals surface area contributed by atoms with Crippen LogP contribution in [-0.2, 0) is 9.53 Å². The lowest BCUT2D eigenvalue weighted by atomic mass is 9.88. The average molecular weight is 285 g/mol. The smallest absolute Gasteiger partial charge is 0.323 e. The normalized spacial score (nSPS) is 26.1. The Morgan fingerprint density at radius 2 is 2.20 bits per heavy atom. The van der Waals surface area contributed by atoms with Gasteiger partial charge in [-0.3, -0.25) is 4.79 Å². The molecule has 4 heteroatoms. The fourth-order valence-electron chi connectivity index (χ4n) is 2.88. The number of ether oxygens (including phenoxy) is 1. The van der Waals surface area contributed by atoms with Crippen LogP contribution in [0.4, 0.5) is 0 Å². The van der Waals surface area contributed by atoms with Crippen molar-refractivity contribution < 1.29 is 14.6 Å². The van der Waals surface area contributed by atoms with Gasteiger partial charge in [-0.1, -0.05) is 26.7 Å². The van der Waals surface area contributed by atoms with Crippen LogP contribution in [0.25, 0.3) is 0 Å². The first-order valence-electron chi connectivity index (χ1n) is 8.08. The van der Waals surface area contributed by atoms with Gasteiger partial charge in [0.25, 0.3) is 0 Å². The SMILES string of the molecule is CCCNC(C)(CCCOC1CCCC(C)C1)C(=O)O. The Kier molecular flexibility index (Phi) is 7.52. The Labute approximate surface area is 123 Å². The topological polar surface area (TPSA) is 58.6 Å². The third-order valence-corrected chi connectivity index (χ3v) is 4.30. The van der Waals surface area contributed by atoms with Crippen LogP contribution in [0.5, 0.6) is 0 Å². The number of carboxylic acid groups (broad SMARTS) is 1. The summed E-state index contributed by atoms with van der Waals surface area (Å²) in [7, 11) is 0. The molecular formula is C16H31NO3. The highest BCUT2D eigenvalue weighted by atomic mass is 16.5. The summed E-state index contributed by atoms with van der Waals surface area (Å²) in [5, 5.41) is 12.5. The van der Waals surface area contributed by atoms with E-state index in [2.05, 4.69) is 12.2 Å². The number of hydrogen-bond acceptors (Lipinski definition) is 3. The molecule has 2 N–H and O–H groups in total. The summed E-state index contributed by atoms with van der Waals surface area (Å²) in [6, 6.07) is 0. The minimum absolute atomic E-state index is 0.387. The molecule has 1 aliphatic carbocycles. The Morgan fingerprint density at radius 1 is 1.45 bits per heavy atom. The lowest BCUT2D eigenvalue weighted by molar-refractivity contribution is -0.144. The van der Waals surface area contributed by atoms with E-state index in [0.29, 0.717) is 19.1 Å². The van der Waals surface area contributed by atoms with E-state index in [0.717, 1.165) is 38.1 Å². The van der Waals surface area contributed by atoms with Crippen molar-refractivity contribution in [3.05, 3.63) is 0 Å². The molecule has 0 bridgehead atoms. The first-order chi connectivity index (χ1) is 9.48. The maximum atomic E-state index is 11.4. The molecular weight excluding hydrogens is 254 g/mol. The van der Waals surface area contributed by atoms with Gasteiger partial charge in [-0.2, -0.15) is 0 Å². The van der Waals surface area contributed by atoms with Gasteiger partial charge in [0.05, 0.1) is 6.10 Å². The number of hydrogen-bond donors (Lipinski definition) is 2. The summed E-state index contributed by atoms with van der Waals surface area (Å²) in [5.41, 5.74) is -0.820. The molecule has 0 amide bonds. The molecule has 20 heavy (non-hydrogen) atoms. The Morgan fingerprint density at radius 3 is 2.80 bits per heavy atom. The van der Waals surface area contributed by atoms with Crippen molar-refractivity contribution in [3.8, 4) is 0 Å². The zero-order chi connectivity index (χ0) is 15.0. The number of rotatable bonds is 9. The van der Waals surface area contributed by atoms with E-state index >= 15 is 0 Å². The summed E-state index contributed by atoms with van der Waals surface area (Å²) in [6.45, 7) is 7.51. The van der Waals surface area contributed by atoms with Gasteiger partial charge in [-0.15, -0.1) is 0 Å². The van der Waals surface area contributed by atoms with Crippen LogP contribution in [0.15, 0.2) is 0 Å². The molecule has 0 aliphatic heterocycles. The quantitative estimate of drug-likeness (QED) is 0.639. The van der Waals surface area contributed by atoms with Crippen molar-refractivity contribution >= 4 is 5.97 Å². The van der Waals surface area contributed by atoms with Crippen molar-refractivity contribution in [1.82, 2.24) is 5.32 Å². The Balaban J connectivity index is 2.24. The van der Waals surface area contributed by atoms with Gasteiger partial charge in [0.15, 0.2) is 0 Å². The second kappa shape index (κ2) is 8.63. The lowest BCUT2D eigenvalue weighted by Gasteiger charge is -2.28. The van der Waals surface area contributed by atoms with Crippen molar-refractivity contribution in [3.63, 3.8) is 0 Å². The largest absolute Gasteiger partial charge is 0.480 e. The molecule has 0 saturated heterocycles. The van der Waals surface area contributed by atoms with Crippen LogP contribution in [0.3, 0.4) is 0 Å². The van der Waals surface area contributed by atoms with Gasteiger partial charge in [0, 0.05) is 6.61 Å². The van der Waals surface area contributed by atoms with Gasteiger partial charge in [-0.05, 0) is 51.5 Å². The van der Waals surface area contributed by atoms with E-state index in [-0.39, 0.29) is 0 Å². The van der Waals surface area contributed by atoms with E-state index in [1.54, 1.807) is 6.92 Å². The van der Waals surface area contributed by atoms with E-state index in [1.807, 2.05) is 6.92 Å². The van der Waals surface area contributed by atoms with Crippen LogP contribution < -0.4 is 5.32 Å². The molecule has 0 aromatic rings. The summed E-state index contributed by atoms with van der Waals surface area (Å²) in [4.78, 5) is 11.4. The fraction of sp³-hybridized carbons (Fsp3) is 0.938. The van der Waals surface area contributed by atoms with Crippen LogP contribution >= 0.6 is 0 Å². The third kappa shape index (κ3) is 5.80. The summed E-state index contributed by atoms with van der Waals surface area (Å²) >= 11 is 0. The first-order valence-corrected chi connectivity index (χ1v) is 8.08. The van der Waals surface area contributed by atoms with Gasteiger partial charge < -0.3 is 15.2 Å². The van der Waals surface area contributed by atoms with Gasteiger partial charge in [-0.25, -0.2) is 0 Å². The molecule has 3 atom stereocenters. The highest BCUT2D eigenvalue weighted by Crippen LogP contribution is 2.26. The molecule has 1 fully saturated rings. The van der Waals surface area contributed by atoms with Crippen LogP contribution in [0.2, 0.25) is 0 Å². The van der Waals surface area contributed by atoms with E-state index < -0.39 is 11.5 Å². The van der Waals surface area contributed by atoms with Gasteiger partial charge in [0.2, 0.25) is 0 Å². The molecule has 0 spiro atoms. The van der Waals surface area contributed by atoms with Crippen molar-refractivity contribution in [1.29, 1.82) is 0 Å². The highest BCUT2D eigenvalue weighted by Gasteiger charge is 2.31. The summed E-state index contributed by atoms with van der Waals surface area (Å²) in [6.07, 6.45) is 7.64. The van der Waals surface area contributed by atoms with Crippen molar-refractivity contribution in [2.45, 2.75) is 77.4 Å². The minimum Gasteiger partial charge on any atom is -0.480 e. The minimum atomic E-state index is -0.820. The molecule has 118 valence electrons. The second-order valence-corrected chi connectivity index (χ2v) is 6.43.